The van der Waals surface area contributed by atoms with Crippen LogP contribution in [0.1, 0.15) is 31.0 Å². The van der Waals surface area contributed by atoms with Gasteiger partial charge in [-0.25, -0.2) is 0 Å². The maximum Gasteiger partial charge on any atom is 0.252 e. The van der Waals surface area contributed by atoms with E-state index in [9.17, 15) is 4.79 Å². The van der Waals surface area contributed by atoms with Crippen LogP contribution in [0.15, 0.2) is 53.8 Å². The van der Waals surface area contributed by atoms with Crippen LogP contribution in [0.2, 0.25) is 0 Å². The fourth-order valence-corrected chi connectivity index (χ4v) is 3.19. The molecule has 0 spiro atoms. The number of hydrogen-bond acceptors (Lipinski definition) is 5. The minimum atomic E-state index is -0.0277. The van der Waals surface area contributed by atoms with E-state index in [1.807, 2.05) is 30.3 Å². The van der Waals surface area contributed by atoms with E-state index in [0.29, 0.717) is 24.7 Å². The first kappa shape index (κ1) is 15.6. The molecule has 6 nitrogen and oxygen atoms in total. The molecule has 1 aromatic carbocycles. The second kappa shape index (κ2) is 6.55. The third-order valence-electron chi connectivity index (χ3n) is 4.56. The standard InChI is InChI=1S/C19H21N5O/c1-13-7-5-6-10-16(13)20-12-15-11-17(25)24-19(21-15)22-18(23-24)14-8-3-2-4-9-14/h2-4,7-10,15,20H,5-6,11-12H2,1H3,(H,21,22,23). The van der Waals surface area contributed by atoms with Gasteiger partial charge in [-0.15, -0.1) is 5.10 Å². The van der Waals surface area contributed by atoms with Crippen LogP contribution in [-0.2, 0) is 0 Å². The van der Waals surface area contributed by atoms with Crippen LogP contribution < -0.4 is 10.6 Å². The smallest absolute Gasteiger partial charge is 0.252 e. The highest BCUT2D eigenvalue weighted by Gasteiger charge is 2.27. The van der Waals surface area contributed by atoms with E-state index in [1.54, 1.807) is 0 Å². The monoisotopic (exact) mass is 335 g/mol. The number of nitrogens with one attached hydrogen (secondary N) is 2. The van der Waals surface area contributed by atoms with Crippen molar-refractivity contribution in [1.29, 1.82) is 0 Å². The van der Waals surface area contributed by atoms with Gasteiger partial charge >= 0.3 is 0 Å². The van der Waals surface area contributed by atoms with Gasteiger partial charge in [0.05, 0.1) is 12.5 Å². The Morgan fingerprint density at radius 3 is 2.84 bits per heavy atom. The van der Waals surface area contributed by atoms with Gasteiger partial charge in [0, 0.05) is 17.8 Å². The molecule has 0 saturated heterocycles. The van der Waals surface area contributed by atoms with Gasteiger partial charge in [-0.3, -0.25) is 4.79 Å². The third-order valence-corrected chi connectivity index (χ3v) is 4.56. The molecule has 2 N–H and O–H groups in total. The zero-order chi connectivity index (χ0) is 17.2. The minimum Gasteiger partial charge on any atom is -0.383 e. The summed E-state index contributed by atoms with van der Waals surface area (Å²) < 4.78 is 1.38. The summed E-state index contributed by atoms with van der Waals surface area (Å²) in [5.41, 5.74) is 3.34. The molecule has 2 aromatic rings. The van der Waals surface area contributed by atoms with E-state index in [0.717, 1.165) is 24.1 Å². The number of carbonyl (C=O) groups excluding carboxylic acids is 1. The molecule has 1 atom stereocenters. The zero-order valence-electron chi connectivity index (χ0n) is 14.2. The molecule has 6 heteroatoms. The quantitative estimate of drug-likeness (QED) is 0.899. The summed E-state index contributed by atoms with van der Waals surface area (Å²) in [6.45, 7) is 2.79. The van der Waals surface area contributed by atoms with E-state index < -0.39 is 0 Å². The van der Waals surface area contributed by atoms with E-state index >= 15 is 0 Å². The Labute approximate surface area is 146 Å². The Kier molecular flexibility index (Phi) is 4.09. The van der Waals surface area contributed by atoms with Crippen molar-refractivity contribution in [3.63, 3.8) is 0 Å². The molecule has 1 aromatic heterocycles. The lowest BCUT2D eigenvalue weighted by Crippen LogP contribution is -2.40. The average molecular weight is 335 g/mol. The molecule has 1 unspecified atom stereocenters. The Hall–Kier alpha value is -2.89. The molecule has 1 aliphatic heterocycles. The Balaban J connectivity index is 1.48. The molecule has 4 rings (SSSR count). The molecule has 0 fully saturated rings. The van der Waals surface area contributed by atoms with Gasteiger partial charge in [-0.2, -0.15) is 9.67 Å². The van der Waals surface area contributed by atoms with E-state index in [1.165, 1.54) is 10.3 Å². The molecular formula is C19H21N5O. The first-order valence-corrected chi connectivity index (χ1v) is 8.64. The number of fused-ring (bicyclic) bond motifs is 1. The molecule has 128 valence electrons. The van der Waals surface area contributed by atoms with Crippen molar-refractivity contribution in [1.82, 2.24) is 20.1 Å². The van der Waals surface area contributed by atoms with Crippen molar-refractivity contribution in [3.05, 3.63) is 53.8 Å². The topological polar surface area (TPSA) is 71.8 Å². The number of hydrogen-bond donors (Lipinski definition) is 2. The molecule has 2 heterocycles. The molecule has 1 aliphatic carbocycles. The largest absolute Gasteiger partial charge is 0.383 e. The van der Waals surface area contributed by atoms with Crippen LogP contribution in [0, 0.1) is 0 Å². The number of anilines is 1. The van der Waals surface area contributed by atoms with E-state index in [2.05, 4.69) is 39.8 Å². The summed E-state index contributed by atoms with van der Waals surface area (Å²) >= 11 is 0. The van der Waals surface area contributed by atoms with Crippen molar-refractivity contribution in [3.8, 4) is 11.4 Å². The second-order valence-electron chi connectivity index (χ2n) is 6.44. The summed E-state index contributed by atoms with van der Waals surface area (Å²) in [4.78, 5) is 16.9. The normalized spacial score (nSPS) is 19.6. The van der Waals surface area contributed by atoms with E-state index in [-0.39, 0.29) is 11.9 Å². The maximum atomic E-state index is 12.4. The van der Waals surface area contributed by atoms with Gasteiger partial charge in [0.15, 0.2) is 5.82 Å². The van der Waals surface area contributed by atoms with Gasteiger partial charge in [-0.1, -0.05) is 42.5 Å². The first-order chi connectivity index (χ1) is 12.2. The highest BCUT2D eigenvalue weighted by molar-refractivity contribution is 5.84. The van der Waals surface area contributed by atoms with Crippen LogP contribution in [0.4, 0.5) is 5.95 Å². The number of aromatic nitrogens is 3. The molecule has 2 aliphatic rings. The Bertz CT molecular complexity index is 850. The molecule has 0 radical (unpaired) electrons. The molecule has 0 amide bonds. The zero-order valence-corrected chi connectivity index (χ0v) is 14.2. The van der Waals surface area contributed by atoms with Crippen molar-refractivity contribution in [2.45, 2.75) is 32.2 Å². The summed E-state index contributed by atoms with van der Waals surface area (Å²) in [7, 11) is 0. The number of carbonyl (C=O) groups is 1. The fraction of sp³-hybridized carbons (Fsp3) is 0.316. The van der Waals surface area contributed by atoms with Crippen molar-refractivity contribution in [2.24, 2.45) is 0 Å². The summed E-state index contributed by atoms with van der Waals surface area (Å²) in [6.07, 6.45) is 7.02. The highest BCUT2D eigenvalue weighted by Crippen LogP contribution is 2.22. The van der Waals surface area contributed by atoms with Crippen molar-refractivity contribution >= 4 is 11.9 Å². The molecule has 25 heavy (non-hydrogen) atoms. The van der Waals surface area contributed by atoms with Crippen LogP contribution in [-0.4, -0.2) is 33.3 Å². The fourth-order valence-electron chi connectivity index (χ4n) is 3.19. The van der Waals surface area contributed by atoms with E-state index in [4.69, 9.17) is 0 Å². The molecular weight excluding hydrogens is 314 g/mol. The predicted octanol–water partition coefficient (Wildman–Crippen LogP) is 2.98. The minimum absolute atomic E-state index is 0.00319. The number of allylic oxidation sites excluding steroid dienone is 3. The predicted molar refractivity (Wildman–Crippen MR) is 97.2 cm³/mol. The summed E-state index contributed by atoms with van der Waals surface area (Å²) in [6, 6.07) is 9.70. The van der Waals surface area contributed by atoms with Gasteiger partial charge in [0.2, 0.25) is 5.95 Å². The lowest BCUT2D eigenvalue weighted by atomic mass is 10.0. The SMILES string of the molecule is CC1=CCCC=C1NCC1CC(=O)n2nc(-c3ccccc3)nc2N1. The number of benzene rings is 1. The van der Waals surface area contributed by atoms with Crippen LogP contribution in [0.25, 0.3) is 11.4 Å². The molecule has 0 bridgehead atoms. The van der Waals surface area contributed by atoms with Gasteiger partial charge < -0.3 is 10.6 Å². The van der Waals surface area contributed by atoms with Crippen molar-refractivity contribution in [2.75, 3.05) is 11.9 Å². The van der Waals surface area contributed by atoms with Gasteiger partial charge in [-0.05, 0) is 25.3 Å². The maximum absolute atomic E-state index is 12.4. The highest BCUT2D eigenvalue weighted by atomic mass is 16.2. The Morgan fingerprint density at radius 1 is 1.24 bits per heavy atom. The third kappa shape index (κ3) is 3.20. The van der Waals surface area contributed by atoms with Crippen LogP contribution in [0.3, 0.4) is 0 Å². The molecule has 0 saturated carbocycles. The number of rotatable bonds is 4. The van der Waals surface area contributed by atoms with Gasteiger partial charge in [0.1, 0.15) is 0 Å². The summed E-state index contributed by atoms with van der Waals surface area (Å²) in [5.74, 6) is 1.06. The second-order valence-corrected chi connectivity index (χ2v) is 6.44. The lowest BCUT2D eigenvalue weighted by Gasteiger charge is -2.25. The van der Waals surface area contributed by atoms with Crippen LogP contribution >= 0.6 is 0 Å². The van der Waals surface area contributed by atoms with Gasteiger partial charge in [0.25, 0.3) is 5.91 Å². The Morgan fingerprint density at radius 2 is 2.04 bits per heavy atom. The lowest BCUT2D eigenvalue weighted by molar-refractivity contribution is 0.0872. The summed E-state index contributed by atoms with van der Waals surface area (Å²) in [5, 5.41) is 11.1. The number of nitrogens with zero attached hydrogens (tertiary/aromatic N) is 3. The van der Waals surface area contributed by atoms with Crippen LogP contribution in [0.5, 0.6) is 0 Å². The average Bonchev–Trinajstić information content (AvgIpc) is 3.07. The van der Waals surface area contributed by atoms with Crippen molar-refractivity contribution < 1.29 is 4.79 Å². The first-order valence-electron chi connectivity index (χ1n) is 8.64.